The van der Waals surface area contributed by atoms with Gasteiger partial charge in [0.1, 0.15) is 12.6 Å². The van der Waals surface area contributed by atoms with Crippen molar-refractivity contribution < 1.29 is 19.1 Å². The molecule has 7 heteroatoms. The van der Waals surface area contributed by atoms with Crippen LogP contribution in [0.1, 0.15) is 26.2 Å². The van der Waals surface area contributed by atoms with Crippen LogP contribution in [-0.2, 0) is 4.79 Å². The Bertz CT molecular complexity index is 622. The molecular weight excluding hydrogens is 322 g/mol. The fourth-order valence-electron chi connectivity index (χ4n) is 3.07. The van der Waals surface area contributed by atoms with Gasteiger partial charge in [0.15, 0.2) is 17.6 Å². The smallest absolute Gasteiger partial charge is 0.318 e. The van der Waals surface area contributed by atoms with Gasteiger partial charge in [0.05, 0.1) is 6.54 Å². The molecule has 0 aliphatic carbocycles. The highest BCUT2D eigenvalue weighted by Gasteiger charge is 2.28. The molecule has 136 valence electrons. The lowest BCUT2D eigenvalue weighted by Crippen LogP contribution is -2.53. The molecular formula is C18H25N3O4. The molecule has 0 saturated carbocycles. The Labute approximate surface area is 147 Å². The predicted octanol–water partition coefficient (Wildman–Crippen LogP) is 1.53. The maximum Gasteiger partial charge on any atom is 0.318 e. The summed E-state index contributed by atoms with van der Waals surface area (Å²) in [6.07, 6.45) is 2.31. The van der Waals surface area contributed by atoms with Crippen molar-refractivity contribution in [3.05, 3.63) is 24.3 Å². The fraction of sp³-hybridized carbons (Fsp3) is 0.556. The first kappa shape index (κ1) is 17.4. The second-order valence-electron chi connectivity index (χ2n) is 6.33. The van der Waals surface area contributed by atoms with E-state index in [4.69, 9.17) is 9.47 Å². The normalized spacial score (nSPS) is 22.5. The summed E-state index contributed by atoms with van der Waals surface area (Å²) in [6, 6.07) is 6.79. The van der Waals surface area contributed by atoms with E-state index in [1.165, 1.54) is 0 Å². The Morgan fingerprint density at radius 3 is 2.92 bits per heavy atom. The van der Waals surface area contributed by atoms with Crippen LogP contribution in [0.25, 0.3) is 0 Å². The molecule has 7 nitrogen and oxygen atoms in total. The van der Waals surface area contributed by atoms with Crippen LogP contribution in [-0.4, -0.2) is 55.2 Å². The Balaban J connectivity index is 1.57. The maximum atomic E-state index is 12.6. The number of fused-ring (bicyclic) bond motifs is 1. The number of rotatable bonds is 4. The number of likely N-dealkylation sites (N-methyl/N-ethyl adjacent to an activating group) is 1. The van der Waals surface area contributed by atoms with E-state index < -0.39 is 6.04 Å². The topological polar surface area (TPSA) is 79.9 Å². The summed E-state index contributed by atoms with van der Waals surface area (Å²) >= 11 is 0. The average molecular weight is 347 g/mol. The van der Waals surface area contributed by atoms with Crippen LogP contribution < -0.4 is 20.1 Å². The average Bonchev–Trinajstić information content (AvgIpc) is 2.84. The van der Waals surface area contributed by atoms with Gasteiger partial charge in [-0.05, 0) is 38.3 Å². The van der Waals surface area contributed by atoms with E-state index in [1.807, 2.05) is 31.2 Å². The summed E-state index contributed by atoms with van der Waals surface area (Å²) in [5.74, 6) is 1.31. The Morgan fingerprint density at radius 2 is 2.12 bits per heavy atom. The molecule has 2 heterocycles. The lowest BCUT2D eigenvalue weighted by Gasteiger charge is -2.31. The van der Waals surface area contributed by atoms with Gasteiger partial charge in [-0.25, -0.2) is 4.79 Å². The molecule has 25 heavy (non-hydrogen) atoms. The van der Waals surface area contributed by atoms with Crippen molar-refractivity contribution in [3.63, 3.8) is 0 Å². The number of amides is 3. The number of ether oxygens (including phenoxy) is 2. The van der Waals surface area contributed by atoms with Gasteiger partial charge in [0.2, 0.25) is 5.91 Å². The van der Waals surface area contributed by atoms with Gasteiger partial charge in [-0.2, -0.15) is 0 Å². The lowest BCUT2D eigenvalue weighted by atomic mass is 10.1. The summed E-state index contributed by atoms with van der Waals surface area (Å²) in [5, 5.41) is 5.68. The fourth-order valence-corrected chi connectivity index (χ4v) is 3.07. The van der Waals surface area contributed by atoms with Gasteiger partial charge in [-0.3, -0.25) is 4.79 Å². The standard InChI is InChI=1S/C18H25N3O4/c1-2-21(18(23)20-14-7-5-6-10-19-17(14)22)11-13-12-24-15-8-3-4-9-16(15)25-13/h3-4,8-9,13-14H,2,5-7,10-12H2,1H3,(H,19,22)(H,20,23). The number of benzene rings is 1. The zero-order valence-electron chi connectivity index (χ0n) is 14.5. The van der Waals surface area contributed by atoms with Crippen molar-refractivity contribution in [2.24, 2.45) is 0 Å². The summed E-state index contributed by atoms with van der Waals surface area (Å²) in [7, 11) is 0. The Morgan fingerprint density at radius 1 is 1.32 bits per heavy atom. The lowest BCUT2D eigenvalue weighted by molar-refractivity contribution is -0.122. The number of urea groups is 1. The maximum absolute atomic E-state index is 12.6. The minimum atomic E-state index is -0.465. The van der Waals surface area contributed by atoms with Gasteiger partial charge in [0, 0.05) is 13.1 Å². The highest BCUT2D eigenvalue weighted by molar-refractivity contribution is 5.87. The van der Waals surface area contributed by atoms with Crippen molar-refractivity contribution in [2.75, 3.05) is 26.2 Å². The second kappa shape index (κ2) is 8.09. The van der Waals surface area contributed by atoms with Crippen molar-refractivity contribution in [3.8, 4) is 11.5 Å². The molecule has 1 aromatic rings. The van der Waals surface area contributed by atoms with E-state index >= 15 is 0 Å². The van der Waals surface area contributed by atoms with Crippen molar-refractivity contribution in [2.45, 2.75) is 38.3 Å². The molecule has 1 aromatic carbocycles. The molecule has 2 atom stereocenters. The van der Waals surface area contributed by atoms with Gasteiger partial charge >= 0.3 is 6.03 Å². The Kier molecular flexibility index (Phi) is 5.63. The van der Waals surface area contributed by atoms with E-state index in [0.717, 1.165) is 18.6 Å². The van der Waals surface area contributed by atoms with Gasteiger partial charge < -0.3 is 25.0 Å². The zero-order valence-corrected chi connectivity index (χ0v) is 14.5. The summed E-state index contributed by atoms with van der Waals surface area (Å²) in [5.41, 5.74) is 0. The number of nitrogens with one attached hydrogen (secondary N) is 2. The first-order valence-electron chi connectivity index (χ1n) is 8.89. The first-order valence-corrected chi connectivity index (χ1v) is 8.89. The third-order valence-corrected chi connectivity index (χ3v) is 4.49. The first-order chi connectivity index (χ1) is 12.2. The van der Waals surface area contributed by atoms with Gasteiger partial charge in [-0.15, -0.1) is 0 Å². The van der Waals surface area contributed by atoms with E-state index in [-0.39, 0.29) is 18.0 Å². The molecule has 3 rings (SSSR count). The number of hydrogen-bond donors (Lipinski definition) is 2. The zero-order chi connectivity index (χ0) is 17.6. The quantitative estimate of drug-likeness (QED) is 0.866. The third kappa shape index (κ3) is 4.35. The molecule has 1 saturated heterocycles. The van der Waals surface area contributed by atoms with Gasteiger partial charge in [0.25, 0.3) is 0 Å². The molecule has 2 aliphatic heterocycles. The highest BCUT2D eigenvalue weighted by Crippen LogP contribution is 2.31. The van der Waals surface area contributed by atoms with Crippen molar-refractivity contribution in [1.82, 2.24) is 15.5 Å². The molecule has 1 fully saturated rings. The van der Waals surface area contributed by atoms with Crippen LogP contribution in [0.2, 0.25) is 0 Å². The largest absolute Gasteiger partial charge is 0.486 e. The number of carbonyl (C=O) groups is 2. The SMILES string of the molecule is CCN(CC1COc2ccccc2O1)C(=O)NC1CCCCNC1=O. The van der Waals surface area contributed by atoms with Crippen molar-refractivity contribution in [1.29, 1.82) is 0 Å². The van der Waals surface area contributed by atoms with Crippen molar-refractivity contribution >= 4 is 11.9 Å². The van der Waals surface area contributed by atoms with Gasteiger partial charge in [-0.1, -0.05) is 12.1 Å². The van der Waals surface area contributed by atoms with Crippen LogP contribution in [0.4, 0.5) is 4.79 Å². The molecule has 3 amide bonds. The van der Waals surface area contributed by atoms with Crippen LogP contribution in [0.15, 0.2) is 24.3 Å². The third-order valence-electron chi connectivity index (χ3n) is 4.49. The number of hydrogen-bond acceptors (Lipinski definition) is 4. The van der Waals surface area contributed by atoms with Crippen LogP contribution >= 0.6 is 0 Å². The highest BCUT2D eigenvalue weighted by atomic mass is 16.6. The molecule has 2 unspecified atom stereocenters. The Hall–Kier alpha value is -2.44. The van der Waals surface area contributed by atoms with Crippen LogP contribution in [0.5, 0.6) is 11.5 Å². The monoisotopic (exact) mass is 347 g/mol. The molecule has 2 aliphatic rings. The second-order valence-corrected chi connectivity index (χ2v) is 6.33. The van der Waals surface area contributed by atoms with Crippen LogP contribution in [0, 0.1) is 0 Å². The molecule has 0 spiro atoms. The van der Waals surface area contributed by atoms with E-state index in [1.54, 1.807) is 4.90 Å². The molecule has 0 aromatic heterocycles. The predicted molar refractivity (Wildman–Crippen MR) is 92.8 cm³/mol. The minimum Gasteiger partial charge on any atom is -0.486 e. The minimum absolute atomic E-state index is 0.104. The van der Waals surface area contributed by atoms with E-state index in [2.05, 4.69) is 10.6 Å². The number of nitrogens with zero attached hydrogens (tertiary/aromatic N) is 1. The van der Waals surface area contributed by atoms with E-state index in [0.29, 0.717) is 38.4 Å². The molecule has 0 bridgehead atoms. The number of carbonyl (C=O) groups excluding carboxylic acids is 2. The summed E-state index contributed by atoms with van der Waals surface area (Å²) in [4.78, 5) is 26.2. The molecule has 0 radical (unpaired) electrons. The van der Waals surface area contributed by atoms with E-state index in [9.17, 15) is 9.59 Å². The van der Waals surface area contributed by atoms with Crippen LogP contribution in [0.3, 0.4) is 0 Å². The number of para-hydroxylation sites is 2. The summed E-state index contributed by atoms with van der Waals surface area (Å²) < 4.78 is 11.6. The summed E-state index contributed by atoms with van der Waals surface area (Å²) in [6.45, 7) is 3.91. The molecule has 2 N–H and O–H groups in total.